The summed E-state index contributed by atoms with van der Waals surface area (Å²) in [5, 5.41) is 7.92. The average Bonchev–Trinajstić information content (AvgIpc) is 2.90. The van der Waals surface area contributed by atoms with Crippen molar-refractivity contribution in [1.29, 1.82) is 0 Å². The molecule has 5 nitrogen and oxygen atoms in total. The fourth-order valence-corrected chi connectivity index (χ4v) is 3.03. The molecule has 1 aliphatic carbocycles. The molecule has 3 N–H and O–H groups in total. The number of anilines is 3. The first-order valence-corrected chi connectivity index (χ1v) is 8.14. The van der Waals surface area contributed by atoms with Gasteiger partial charge in [-0.3, -0.25) is 0 Å². The number of hydrogen-bond acceptors (Lipinski definition) is 4. The number of nitrogens with zero attached hydrogens (tertiary/aromatic N) is 2. The summed E-state index contributed by atoms with van der Waals surface area (Å²) in [6, 6.07) is 8.93. The number of hydrogen-bond donors (Lipinski definition) is 3. The Labute approximate surface area is 135 Å². The highest BCUT2D eigenvalue weighted by molar-refractivity contribution is 5.88. The van der Waals surface area contributed by atoms with Gasteiger partial charge in [0.1, 0.15) is 11.5 Å². The molecule has 23 heavy (non-hydrogen) atoms. The largest absolute Gasteiger partial charge is 0.367 e. The van der Waals surface area contributed by atoms with Crippen molar-refractivity contribution in [3.05, 3.63) is 41.6 Å². The Kier molecular flexibility index (Phi) is 3.41. The summed E-state index contributed by atoms with van der Waals surface area (Å²) in [4.78, 5) is 12.5. The first-order chi connectivity index (χ1) is 11.2. The molecule has 1 aliphatic rings. The van der Waals surface area contributed by atoms with Crippen LogP contribution >= 0.6 is 0 Å². The Hall–Kier alpha value is -2.56. The topological polar surface area (TPSA) is 65.6 Å². The predicted octanol–water partition coefficient (Wildman–Crippen LogP) is 4.28. The van der Waals surface area contributed by atoms with Gasteiger partial charge in [0.15, 0.2) is 0 Å². The second-order valence-corrected chi connectivity index (χ2v) is 6.41. The summed E-state index contributed by atoms with van der Waals surface area (Å²) in [7, 11) is 0. The molecule has 118 valence electrons. The van der Waals surface area contributed by atoms with Gasteiger partial charge < -0.3 is 15.6 Å². The summed E-state index contributed by atoms with van der Waals surface area (Å²) in [6.07, 6.45) is 5.64. The molecule has 1 fully saturated rings. The highest BCUT2D eigenvalue weighted by atomic mass is 15.2. The number of nitrogens with one attached hydrogen (secondary N) is 3. The molecular formula is C18H21N5. The highest BCUT2D eigenvalue weighted by Crippen LogP contribution is 2.28. The van der Waals surface area contributed by atoms with Gasteiger partial charge >= 0.3 is 0 Å². The Morgan fingerprint density at radius 2 is 1.87 bits per heavy atom. The lowest BCUT2D eigenvalue weighted by Crippen LogP contribution is -2.27. The van der Waals surface area contributed by atoms with Gasteiger partial charge in [-0.05, 0) is 62.4 Å². The van der Waals surface area contributed by atoms with Gasteiger partial charge in [0, 0.05) is 17.9 Å². The van der Waals surface area contributed by atoms with Crippen molar-refractivity contribution in [2.75, 3.05) is 10.6 Å². The minimum absolute atomic E-state index is 0.539. The van der Waals surface area contributed by atoms with Gasteiger partial charge in [0.05, 0.1) is 5.39 Å². The number of aromatic nitrogens is 3. The van der Waals surface area contributed by atoms with Crippen LogP contribution in [0, 0.1) is 13.8 Å². The third-order valence-corrected chi connectivity index (χ3v) is 4.34. The van der Waals surface area contributed by atoms with Crippen LogP contribution in [-0.2, 0) is 0 Å². The van der Waals surface area contributed by atoms with E-state index in [0.717, 1.165) is 22.5 Å². The molecule has 1 aromatic carbocycles. The highest BCUT2D eigenvalue weighted by Gasteiger charge is 2.19. The number of fused-ring (bicyclic) bond motifs is 1. The molecule has 4 rings (SSSR count). The van der Waals surface area contributed by atoms with E-state index in [1.165, 1.54) is 30.4 Å². The zero-order valence-corrected chi connectivity index (χ0v) is 13.5. The van der Waals surface area contributed by atoms with Crippen LogP contribution in [0.2, 0.25) is 0 Å². The number of benzene rings is 1. The monoisotopic (exact) mass is 307 g/mol. The van der Waals surface area contributed by atoms with Crippen molar-refractivity contribution in [2.45, 2.75) is 39.2 Å². The molecular weight excluding hydrogens is 286 g/mol. The first-order valence-electron chi connectivity index (χ1n) is 8.14. The SMILES string of the molecule is Cc1cc(C)cc(Nc2nc(NC3CCC3)c3cc[nH]c3n2)c1. The Balaban J connectivity index is 1.68. The van der Waals surface area contributed by atoms with Gasteiger partial charge in [-0.25, -0.2) is 0 Å². The molecule has 0 aliphatic heterocycles. The molecule has 0 radical (unpaired) electrons. The van der Waals surface area contributed by atoms with E-state index in [1.54, 1.807) is 0 Å². The molecule has 2 aromatic heterocycles. The number of rotatable bonds is 4. The predicted molar refractivity (Wildman–Crippen MR) is 94.3 cm³/mol. The quantitative estimate of drug-likeness (QED) is 0.673. The third-order valence-electron chi connectivity index (χ3n) is 4.34. The summed E-state index contributed by atoms with van der Waals surface area (Å²) in [5.74, 6) is 1.53. The summed E-state index contributed by atoms with van der Waals surface area (Å²) < 4.78 is 0. The average molecular weight is 307 g/mol. The standard InChI is InChI=1S/C18H21N5/c1-11-8-12(2)10-14(9-11)21-18-22-16-15(6-7-19-16)17(23-18)20-13-4-3-5-13/h6-10,13H,3-5H2,1-2H3,(H3,19,20,21,22,23). The zero-order chi connectivity index (χ0) is 15.8. The summed E-state index contributed by atoms with van der Waals surface area (Å²) in [5.41, 5.74) is 4.32. The Morgan fingerprint density at radius 1 is 1.09 bits per heavy atom. The second-order valence-electron chi connectivity index (χ2n) is 6.41. The van der Waals surface area contributed by atoms with Gasteiger partial charge in [0.25, 0.3) is 0 Å². The van der Waals surface area contributed by atoms with Crippen LogP contribution in [0.25, 0.3) is 11.0 Å². The maximum Gasteiger partial charge on any atom is 0.231 e. The molecule has 0 saturated heterocycles. The van der Waals surface area contributed by atoms with Crippen molar-refractivity contribution >= 4 is 28.5 Å². The zero-order valence-electron chi connectivity index (χ0n) is 13.5. The molecule has 0 unspecified atom stereocenters. The molecule has 0 spiro atoms. The lowest BCUT2D eigenvalue weighted by molar-refractivity contribution is 0.445. The minimum atomic E-state index is 0.539. The van der Waals surface area contributed by atoms with Crippen LogP contribution in [0.1, 0.15) is 30.4 Å². The van der Waals surface area contributed by atoms with E-state index in [-0.39, 0.29) is 0 Å². The summed E-state index contributed by atoms with van der Waals surface area (Å²) in [6.45, 7) is 4.19. The number of H-pyrrole nitrogens is 1. The molecule has 0 amide bonds. The van der Waals surface area contributed by atoms with Gasteiger partial charge in [-0.15, -0.1) is 0 Å². The van der Waals surface area contributed by atoms with E-state index >= 15 is 0 Å². The molecule has 1 saturated carbocycles. The Morgan fingerprint density at radius 3 is 2.57 bits per heavy atom. The van der Waals surface area contributed by atoms with Gasteiger partial charge in [-0.1, -0.05) is 6.07 Å². The lowest BCUT2D eigenvalue weighted by atomic mass is 9.93. The normalized spacial score (nSPS) is 14.7. The van der Waals surface area contributed by atoms with E-state index in [1.807, 2.05) is 12.3 Å². The van der Waals surface area contributed by atoms with E-state index in [2.05, 4.69) is 52.6 Å². The van der Waals surface area contributed by atoms with Gasteiger partial charge in [-0.2, -0.15) is 9.97 Å². The van der Waals surface area contributed by atoms with Crippen LogP contribution in [0.5, 0.6) is 0 Å². The Bertz CT molecular complexity index is 827. The maximum absolute atomic E-state index is 4.70. The van der Waals surface area contributed by atoms with Crippen molar-refractivity contribution < 1.29 is 0 Å². The number of aryl methyl sites for hydroxylation is 2. The van der Waals surface area contributed by atoms with Gasteiger partial charge in [0.2, 0.25) is 5.95 Å². The lowest BCUT2D eigenvalue weighted by Gasteiger charge is -2.27. The third kappa shape index (κ3) is 2.86. The molecule has 0 bridgehead atoms. The molecule has 3 aromatic rings. The molecule has 2 heterocycles. The first kappa shape index (κ1) is 14.1. The van der Waals surface area contributed by atoms with Crippen LogP contribution in [0.4, 0.5) is 17.5 Å². The van der Waals surface area contributed by atoms with Crippen LogP contribution in [-0.4, -0.2) is 21.0 Å². The second kappa shape index (κ2) is 5.57. The smallest absolute Gasteiger partial charge is 0.231 e. The van der Waals surface area contributed by atoms with Crippen molar-refractivity contribution in [1.82, 2.24) is 15.0 Å². The van der Waals surface area contributed by atoms with Crippen LogP contribution in [0.3, 0.4) is 0 Å². The fourth-order valence-electron chi connectivity index (χ4n) is 3.03. The van der Waals surface area contributed by atoms with E-state index in [9.17, 15) is 0 Å². The summed E-state index contributed by atoms with van der Waals surface area (Å²) >= 11 is 0. The van der Waals surface area contributed by atoms with Crippen LogP contribution in [0.15, 0.2) is 30.5 Å². The fraction of sp³-hybridized carbons (Fsp3) is 0.333. The van der Waals surface area contributed by atoms with Crippen molar-refractivity contribution in [2.24, 2.45) is 0 Å². The molecule has 0 atom stereocenters. The number of aromatic amines is 1. The van der Waals surface area contributed by atoms with E-state index in [0.29, 0.717) is 12.0 Å². The van der Waals surface area contributed by atoms with Crippen molar-refractivity contribution in [3.8, 4) is 0 Å². The van der Waals surface area contributed by atoms with E-state index < -0.39 is 0 Å². The van der Waals surface area contributed by atoms with Crippen molar-refractivity contribution in [3.63, 3.8) is 0 Å². The maximum atomic E-state index is 4.70. The van der Waals surface area contributed by atoms with Crippen LogP contribution < -0.4 is 10.6 Å². The van der Waals surface area contributed by atoms with E-state index in [4.69, 9.17) is 4.98 Å². The molecule has 5 heteroatoms. The minimum Gasteiger partial charge on any atom is -0.367 e.